The fourth-order valence-corrected chi connectivity index (χ4v) is 3.82. The summed E-state index contributed by atoms with van der Waals surface area (Å²) in [4.78, 5) is 33.4. The van der Waals surface area contributed by atoms with Gasteiger partial charge < -0.3 is 14.7 Å². The van der Waals surface area contributed by atoms with Crippen LogP contribution in [0.25, 0.3) is 0 Å². The molecule has 7 heteroatoms. The number of hydrogen-bond acceptors (Lipinski definition) is 4. The Kier molecular flexibility index (Phi) is 6.44. The van der Waals surface area contributed by atoms with Gasteiger partial charge >= 0.3 is 0 Å². The van der Waals surface area contributed by atoms with Crippen molar-refractivity contribution in [2.45, 2.75) is 19.9 Å². The van der Waals surface area contributed by atoms with Crippen LogP contribution in [-0.2, 0) is 4.79 Å². The predicted octanol–water partition coefficient (Wildman–Crippen LogP) is 1.14. The second-order valence-corrected chi connectivity index (χ2v) is 7.24. The summed E-state index contributed by atoms with van der Waals surface area (Å²) in [6, 6.07) is 5.89. The van der Waals surface area contributed by atoms with Gasteiger partial charge in [0.05, 0.1) is 11.6 Å². The highest BCUT2D eigenvalue weighted by Crippen LogP contribution is 2.15. The fraction of sp³-hybridized carbons (Fsp3) is 0.600. The summed E-state index contributed by atoms with van der Waals surface area (Å²) in [6.07, 6.45) is 0. The average molecular weight is 376 g/mol. The van der Waals surface area contributed by atoms with E-state index in [1.807, 2.05) is 11.8 Å². The van der Waals surface area contributed by atoms with Crippen LogP contribution in [0, 0.1) is 5.82 Å². The maximum absolute atomic E-state index is 13.9. The number of nitrogens with zero attached hydrogens (tertiary/aromatic N) is 4. The summed E-state index contributed by atoms with van der Waals surface area (Å²) in [5, 5.41) is 0. The molecule has 2 amide bonds. The van der Waals surface area contributed by atoms with E-state index in [4.69, 9.17) is 0 Å². The molecule has 27 heavy (non-hydrogen) atoms. The minimum atomic E-state index is -0.486. The zero-order chi connectivity index (χ0) is 19.4. The van der Waals surface area contributed by atoms with Crippen molar-refractivity contribution in [3.05, 3.63) is 35.6 Å². The summed E-state index contributed by atoms with van der Waals surface area (Å²) < 4.78 is 13.9. The van der Waals surface area contributed by atoms with Crippen molar-refractivity contribution in [3.63, 3.8) is 0 Å². The Labute approximate surface area is 160 Å². The highest BCUT2D eigenvalue weighted by Gasteiger charge is 2.31. The van der Waals surface area contributed by atoms with Crippen LogP contribution in [0.4, 0.5) is 4.39 Å². The van der Waals surface area contributed by atoms with E-state index in [2.05, 4.69) is 16.7 Å². The molecule has 2 aliphatic heterocycles. The summed E-state index contributed by atoms with van der Waals surface area (Å²) in [5.41, 5.74) is 0.115. The topological polar surface area (TPSA) is 47.1 Å². The lowest BCUT2D eigenvalue weighted by molar-refractivity contribution is -0.138. The van der Waals surface area contributed by atoms with E-state index in [1.165, 1.54) is 12.1 Å². The third-order valence-corrected chi connectivity index (χ3v) is 5.74. The van der Waals surface area contributed by atoms with Gasteiger partial charge in [0.25, 0.3) is 5.91 Å². The number of carbonyl (C=O) groups excluding carboxylic acids is 2. The number of amides is 2. The molecule has 2 fully saturated rings. The van der Waals surface area contributed by atoms with E-state index in [0.29, 0.717) is 26.2 Å². The van der Waals surface area contributed by atoms with Crippen molar-refractivity contribution in [1.29, 1.82) is 0 Å². The van der Waals surface area contributed by atoms with E-state index >= 15 is 0 Å². The van der Waals surface area contributed by atoms with Gasteiger partial charge in [0.15, 0.2) is 0 Å². The largest absolute Gasteiger partial charge is 0.339 e. The van der Waals surface area contributed by atoms with Gasteiger partial charge in [-0.3, -0.25) is 14.5 Å². The molecule has 6 nitrogen and oxygen atoms in total. The molecule has 3 rings (SSSR count). The van der Waals surface area contributed by atoms with Crippen molar-refractivity contribution in [2.75, 3.05) is 58.9 Å². The zero-order valence-electron chi connectivity index (χ0n) is 16.2. The minimum Gasteiger partial charge on any atom is -0.339 e. The lowest BCUT2D eigenvalue weighted by Crippen LogP contribution is -2.58. The van der Waals surface area contributed by atoms with E-state index in [9.17, 15) is 14.0 Å². The Morgan fingerprint density at radius 3 is 2.15 bits per heavy atom. The van der Waals surface area contributed by atoms with Crippen molar-refractivity contribution < 1.29 is 14.0 Å². The lowest BCUT2D eigenvalue weighted by atomic mass is 10.1. The molecule has 0 aliphatic carbocycles. The summed E-state index contributed by atoms with van der Waals surface area (Å²) in [7, 11) is 0. The van der Waals surface area contributed by atoms with Crippen molar-refractivity contribution in [2.24, 2.45) is 0 Å². The third-order valence-electron chi connectivity index (χ3n) is 5.74. The fourth-order valence-electron chi connectivity index (χ4n) is 3.82. The molecule has 0 bridgehead atoms. The third kappa shape index (κ3) is 4.47. The molecular weight excluding hydrogens is 347 g/mol. The van der Waals surface area contributed by atoms with E-state index in [1.54, 1.807) is 17.0 Å². The first kappa shape index (κ1) is 19.8. The molecule has 2 saturated heterocycles. The number of rotatable bonds is 4. The highest BCUT2D eigenvalue weighted by atomic mass is 19.1. The second kappa shape index (κ2) is 8.80. The smallest absolute Gasteiger partial charge is 0.256 e. The maximum Gasteiger partial charge on any atom is 0.256 e. The Hall–Kier alpha value is -1.99. The van der Waals surface area contributed by atoms with Crippen LogP contribution in [0.15, 0.2) is 24.3 Å². The summed E-state index contributed by atoms with van der Waals surface area (Å²) in [5.74, 6) is -0.596. The van der Waals surface area contributed by atoms with Gasteiger partial charge in [-0.15, -0.1) is 0 Å². The SMILES string of the molecule is CCN1CCN(C(=O)C(C)N2CCN(C(=O)c3ccccc3F)CC2)CC1. The molecule has 1 aromatic rings. The number of piperazine rings is 2. The molecule has 1 unspecified atom stereocenters. The predicted molar refractivity (Wildman–Crippen MR) is 102 cm³/mol. The van der Waals surface area contributed by atoms with Crippen LogP contribution in [-0.4, -0.2) is 96.4 Å². The van der Waals surface area contributed by atoms with Gasteiger partial charge in [-0.2, -0.15) is 0 Å². The Morgan fingerprint density at radius 2 is 1.56 bits per heavy atom. The first-order valence-electron chi connectivity index (χ1n) is 9.80. The van der Waals surface area contributed by atoms with E-state index in [0.717, 1.165) is 32.7 Å². The Balaban J connectivity index is 1.52. The van der Waals surface area contributed by atoms with Crippen LogP contribution in [0.5, 0.6) is 0 Å². The van der Waals surface area contributed by atoms with Gasteiger partial charge in [0.2, 0.25) is 5.91 Å². The highest BCUT2D eigenvalue weighted by molar-refractivity contribution is 5.94. The molecular formula is C20H29FN4O2. The van der Waals surface area contributed by atoms with Crippen molar-refractivity contribution >= 4 is 11.8 Å². The Bertz CT molecular complexity index is 668. The van der Waals surface area contributed by atoms with Gasteiger partial charge in [-0.05, 0) is 25.6 Å². The first-order chi connectivity index (χ1) is 13.0. The monoisotopic (exact) mass is 376 g/mol. The van der Waals surface area contributed by atoms with E-state index in [-0.39, 0.29) is 23.4 Å². The lowest BCUT2D eigenvalue weighted by Gasteiger charge is -2.41. The van der Waals surface area contributed by atoms with Crippen LogP contribution in [0.2, 0.25) is 0 Å². The molecule has 0 saturated carbocycles. The summed E-state index contributed by atoms with van der Waals surface area (Å²) in [6.45, 7) is 10.8. The molecule has 0 radical (unpaired) electrons. The second-order valence-electron chi connectivity index (χ2n) is 7.24. The quantitative estimate of drug-likeness (QED) is 0.791. The van der Waals surface area contributed by atoms with Crippen LogP contribution < -0.4 is 0 Å². The zero-order valence-corrected chi connectivity index (χ0v) is 16.2. The molecule has 0 aromatic heterocycles. The van der Waals surface area contributed by atoms with Crippen LogP contribution >= 0.6 is 0 Å². The van der Waals surface area contributed by atoms with E-state index < -0.39 is 5.82 Å². The van der Waals surface area contributed by atoms with Gasteiger partial charge in [0.1, 0.15) is 5.82 Å². The van der Waals surface area contributed by atoms with Gasteiger partial charge in [-0.1, -0.05) is 19.1 Å². The number of likely N-dealkylation sites (N-methyl/N-ethyl adjacent to an activating group) is 1. The molecule has 2 heterocycles. The molecule has 148 valence electrons. The number of carbonyl (C=O) groups is 2. The molecule has 1 aromatic carbocycles. The molecule has 1 atom stereocenters. The normalized spacial score (nSPS) is 20.6. The average Bonchev–Trinajstić information content (AvgIpc) is 2.73. The first-order valence-corrected chi connectivity index (χ1v) is 9.80. The Morgan fingerprint density at radius 1 is 0.963 bits per heavy atom. The molecule has 2 aliphatic rings. The van der Waals surface area contributed by atoms with Gasteiger partial charge in [-0.25, -0.2) is 4.39 Å². The maximum atomic E-state index is 13.9. The molecule has 0 N–H and O–H groups in total. The van der Waals surface area contributed by atoms with Gasteiger partial charge in [0, 0.05) is 52.4 Å². The minimum absolute atomic E-state index is 0.115. The van der Waals surface area contributed by atoms with Crippen LogP contribution in [0.1, 0.15) is 24.2 Å². The summed E-state index contributed by atoms with van der Waals surface area (Å²) >= 11 is 0. The number of benzene rings is 1. The molecule has 0 spiro atoms. The van der Waals surface area contributed by atoms with Crippen molar-refractivity contribution in [3.8, 4) is 0 Å². The van der Waals surface area contributed by atoms with Crippen LogP contribution in [0.3, 0.4) is 0 Å². The standard InChI is InChI=1S/C20H29FN4O2/c1-3-22-8-10-24(11-9-22)19(26)16(2)23-12-14-25(15-13-23)20(27)17-6-4-5-7-18(17)21/h4-7,16H,3,8-15H2,1-2H3. The van der Waals surface area contributed by atoms with Crippen molar-refractivity contribution in [1.82, 2.24) is 19.6 Å². The number of halogens is 1. The number of hydrogen-bond donors (Lipinski definition) is 0.